The highest BCUT2D eigenvalue weighted by molar-refractivity contribution is 6.28. The summed E-state index contributed by atoms with van der Waals surface area (Å²) in [7, 11) is 0. The van der Waals surface area contributed by atoms with Crippen molar-refractivity contribution in [2.45, 2.75) is 45.6 Å². The molecule has 0 saturated carbocycles. The Kier molecular flexibility index (Phi) is 3.48. The van der Waals surface area contributed by atoms with Crippen LogP contribution in [0.3, 0.4) is 0 Å². The number of nitrogens with zero attached hydrogens (tertiary/aromatic N) is 3. The van der Waals surface area contributed by atoms with Gasteiger partial charge < -0.3 is 10.3 Å². The van der Waals surface area contributed by atoms with E-state index in [1.54, 1.807) is 0 Å². The normalized spacial score (nSPS) is 14.9. The first-order valence-electron chi connectivity index (χ1n) is 6.32. The Balaban J connectivity index is 2.64. The van der Waals surface area contributed by atoms with Crippen LogP contribution in [-0.4, -0.2) is 14.5 Å². The molecular weight excluding hydrogens is 248 g/mol. The first-order valence-corrected chi connectivity index (χ1v) is 6.70. The molecule has 2 heterocycles. The van der Waals surface area contributed by atoms with Crippen molar-refractivity contribution in [3.8, 4) is 0 Å². The molecule has 2 aromatic rings. The van der Waals surface area contributed by atoms with E-state index in [1.165, 1.54) is 0 Å². The zero-order chi connectivity index (χ0) is 13.3. The van der Waals surface area contributed by atoms with Crippen LogP contribution in [0.1, 0.15) is 40.0 Å². The minimum atomic E-state index is 0.0423. The number of hydrogen-bond acceptors (Lipinski definition) is 3. The van der Waals surface area contributed by atoms with Crippen LogP contribution in [0.15, 0.2) is 12.3 Å². The lowest BCUT2D eigenvalue weighted by Gasteiger charge is -2.30. The standard InChI is InChI=1S/C13H19ClN4/c1-4-7-13(3,5-2)18-8-6-9-10(15)16-12(14)17-11(9)18/h6,8H,4-5,7H2,1-3H3,(H2,15,16,17). The van der Waals surface area contributed by atoms with Crippen molar-refractivity contribution in [3.63, 3.8) is 0 Å². The quantitative estimate of drug-likeness (QED) is 0.861. The largest absolute Gasteiger partial charge is 0.383 e. The third kappa shape index (κ3) is 2.05. The van der Waals surface area contributed by atoms with E-state index in [2.05, 4.69) is 35.3 Å². The number of nitrogens with two attached hydrogens (primary N) is 1. The van der Waals surface area contributed by atoms with Gasteiger partial charge in [0.05, 0.1) is 5.39 Å². The van der Waals surface area contributed by atoms with Crippen molar-refractivity contribution in [2.24, 2.45) is 0 Å². The lowest BCUT2D eigenvalue weighted by molar-refractivity contribution is 0.287. The Morgan fingerprint density at radius 2 is 2.11 bits per heavy atom. The number of aromatic nitrogens is 3. The molecule has 0 spiro atoms. The summed E-state index contributed by atoms with van der Waals surface area (Å²) in [6, 6.07) is 1.96. The molecule has 0 amide bonds. The molecule has 1 atom stereocenters. The topological polar surface area (TPSA) is 56.7 Å². The van der Waals surface area contributed by atoms with Crippen molar-refractivity contribution < 1.29 is 0 Å². The first-order chi connectivity index (χ1) is 8.51. The summed E-state index contributed by atoms with van der Waals surface area (Å²) >= 11 is 5.91. The van der Waals surface area contributed by atoms with E-state index in [9.17, 15) is 0 Å². The first kappa shape index (κ1) is 13.1. The molecule has 0 fully saturated rings. The van der Waals surface area contributed by atoms with E-state index >= 15 is 0 Å². The molecule has 2 rings (SSSR count). The predicted octanol–water partition coefficient (Wildman–Crippen LogP) is 3.59. The van der Waals surface area contributed by atoms with Gasteiger partial charge in [0, 0.05) is 11.7 Å². The Hall–Kier alpha value is -1.29. The maximum absolute atomic E-state index is 5.91. The number of rotatable bonds is 4. The minimum Gasteiger partial charge on any atom is -0.383 e. The molecule has 2 aromatic heterocycles. The highest BCUT2D eigenvalue weighted by Crippen LogP contribution is 2.32. The van der Waals surface area contributed by atoms with Crippen molar-refractivity contribution in [3.05, 3.63) is 17.5 Å². The van der Waals surface area contributed by atoms with Gasteiger partial charge in [0.1, 0.15) is 11.5 Å². The van der Waals surface area contributed by atoms with Gasteiger partial charge in [0.25, 0.3) is 0 Å². The van der Waals surface area contributed by atoms with Crippen molar-refractivity contribution in [1.82, 2.24) is 14.5 Å². The molecule has 0 aromatic carbocycles. The maximum atomic E-state index is 5.91. The van der Waals surface area contributed by atoms with Gasteiger partial charge in [0.2, 0.25) is 5.28 Å². The van der Waals surface area contributed by atoms with E-state index in [0.717, 1.165) is 30.3 Å². The molecule has 0 aliphatic rings. The number of halogens is 1. The molecule has 0 saturated heterocycles. The molecule has 5 heteroatoms. The number of fused-ring (bicyclic) bond motifs is 1. The molecule has 2 N–H and O–H groups in total. The zero-order valence-corrected chi connectivity index (χ0v) is 11.8. The fourth-order valence-electron chi connectivity index (χ4n) is 2.45. The van der Waals surface area contributed by atoms with Crippen molar-refractivity contribution >= 4 is 28.5 Å². The van der Waals surface area contributed by atoms with Gasteiger partial charge in [-0.1, -0.05) is 20.3 Å². The fourth-order valence-corrected chi connectivity index (χ4v) is 2.62. The molecule has 18 heavy (non-hydrogen) atoms. The van der Waals surface area contributed by atoms with E-state index in [-0.39, 0.29) is 10.8 Å². The Morgan fingerprint density at radius 1 is 1.39 bits per heavy atom. The second kappa shape index (κ2) is 4.76. The van der Waals surface area contributed by atoms with E-state index < -0.39 is 0 Å². The van der Waals surface area contributed by atoms with Crippen LogP contribution >= 0.6 is 11.6 Å². The Morgan fingerprint density at radius 3 is 2.72 bits per heavy atom. The summed E-state index contributed by atoms with van der Waals surface area (Å²) in [5.74, 6) is 0.443. The molecule has 4 nitrogen and oxygen atoms in total. The molecule has 0 radical (unpaired) electrons. The van der Waals surface area contributed by atoms with Crippen molar-refractivity contribution in [2.75, 3.05) is 5.73 Å². The zero-order valence-electron chi connectivity index (χ0n) is 11.1. The number of anilines is 1. The molecule has 0 aliphatic heterocycles. The molecular formula is C13H19ClN4. The van der Waals surface area contributed by atoms with E-state index in [1.807, 2.05) is 12.3 Å². The van der Waals surface area contributed by atoms with Crippen LogP contribution in [0.25, 0.3) is 11.0 Å². The van der Waals surface area contributed by atoms with Gasteiger partial charge >= 0.3 is 0 Å². The smallest absolute Gasteiger partial charge is 0.226 e. The summed E-state index contributed by atoms with van der Waals surface area (Å²) in [4.78, 5) is 8.32. The SMILES string of the molecule is CCCC(C)(CC)n1ccc2c(N)nc(Cl)nc21. The molecule has 98 valence electrons. The lowest BCUT2D eigenvalue weighted by Crippen LogP contribution is -2.28. The highest BCUT2D eigenvalue weighted by atomic mass is 35.5. The van der Waals surface area contributed by atoms with Gasteiger partial charge in [-0.25, -0.2) is 4.98 Å². The second-order valence-corrected chi connectivity index (χ2v) is 5.24. The van der Waals surface area contributed by atoms with Gasteiger partial charge in [-0.15, -0.1) is 0 Å². The fraction of sp³-hybridized carbons (Fsp3) is 0.538. The Bertz CT molecular complexity index is 563. The minimum absolute atomic E-state index is 0.0423. The summed E-state index contributed by atoms with van der Waals surface area (Å²) in [6.07, 6.45) is 5.28. The van der Waals surface area contributed by atoms with Gasteiger partial charge in [-0.3, -0.25) is 0 Å². The third-order valence-electron chi connectivity index (χ3n) is 3.68. The summed E-state index contributed by atoms with van der Waals surface area (Å²) in [6.45, 7) is 6.62. The predicted molar refractivity (Wildman–Crippen MR) is 75.8 cm³/mol. The van der Waals surface area contributed by atoms with Gasteiger partial charge in [0.15, 0.2) is 0 Å². The number of nitrogen functional groups attached to an aromatic ring is 1. The van der Waals surface area contributed by atoms with Crippen LogP contribution in [0.2, 0.25) is 5.28 Å². The highest BCUT2D eigenvalue weighted by Gasteiger charge is 2.25. The van der Waals surface area contributed by atoms with E-state index in [0.29, 0.717) is 5.82 Å². The van der Waals surface area contributed by atoms with Gasteiger partial charge in [-0.05, 0) is 37.4 Å². The average Bonchev–Trinajstić information content (AvgIpc) is 2.73. The van der Waals surface area contributed by atoms with Crippen LogP contribution < -0.4 is 5.73 Å². The van der Waals surface area contributed by atoms with Crippen LogP contribution in [0.5, 0.6) is 0 Å². The maximum Gasteiger partial charge on any atom is 0.226 e. The second-order valence-electron chi connectivity index (χ2n) is 4.90. The van der Waals surface area contributed by atoms with Gasteiger partial charge in [-0.2, -0.15) is 4.98 Å². The lowest BCUT2D eigenvalue weighted by atomic mass is 9.93. The van der Waals surface area contributed by atoms with E-state index in [4.69, 9.17) is 17.3 Å². The third-order valence-corrected chi connectivity index (χ3v) is 3.85. The number of hydrogen-bond donors (Lipinski definition) is 1. The van der Waals surface area contributed by atoms with Crippen LogP contribution in [-0.2, 0) is 5.54 Å². The van der Waals surface area contributed by atoms with Crippen LogP contribution in [0.4, 0.5) is 5.82 Å². The van der Waals surface area contributed by atoms with Crippen LogP contribution in [0, 0.1) is 0 Å². The summed E-state index contributed by atoms with van der Waals surface area (Å²) < 4.78 is 2.18. The average molecular weight is 267 g/mol. The summed E-state index contributed by atoms with van der Waals surface area (Å²) in [5.41, 5.74) is 6.75. The monoisotopic (exact) mass is 266 g/mol. The summed E-state index contributed by atoms with van der Waals surface area (Å²) in [5, 5.41) is 1.07. The molecule has 0 bridgehead atoms. The molecule has 1 unspecified atom stereocenters. The Labute approximate surface area is 112 Å². The van der Waals surface area contributed by atoms with Crippen molar-refractivity contribution in [1.29, 1.82) is 0 Å². The molecule has 0 aliphatic carbocycles.